The van der Waals surface area contributed by atoms with Crippen molar-refractivity contribution < 1.29 is 26.7 Å². The van der Waals surface area contributed by atoms with Gasteiger partial charge < -0.3 is 5.32 Å². The summed E-state index contributed by atoms with van der Waals surface area (Å²) in [5, 5.41) is 9.33. The summed E-state index contributed by atoms with van der Waals surface area (Å²) >= 11 is 6.19. The van der Waals surface area contributed by atoms with E-state index in [0.717, 1.165) is 30.5 Å². The number of carbonyl (C=O) groups is 1. The van der Waals surface area contributed by atoms with Crippen LogP contribution in [-0.4, -0.2) is 25.9 Å². The molecule has 0 saturated carbocycles. The van der Waals surface area contributed by atoms with E-state index in [1.165, 1.54) is 24.5 Å². The number of hydrogen-bond acceptors (Lipinski definition) is 4. The molecule has 4 rings (SSSR count). The van der Waals surface area contributed by atoms with Gasteiger partial charge in [0.25, 0.3) is 5.91 Å². The van der Waals surface area contributed by atoms with Crippen LogP contribution in [0.2, 0.25) is 5.02 Å². The van der Waals surface area contributed by atoms with Gasteiger partial charge in [0.2, 0.25) is 0 Å². The van der Waals surface area contributed by atoms with Crippen LogP contribution in [0.15, 0.2) is 61.6 Å². The molecule has 0 aliphatic carbocycles. The molecule has 0 aliphatic rings. The molecular formula is C23H13ClF5N5O. The Kier molecular flexibility index (Phi) is 6.35. The molecule has 178 valence electrons. The predicted molar refractivity (Wildman–Crippen MR) is 119 cm³/mol. The molecule has 0 radical (unpaired) electrons. The lowest BCUT2D eigenvalue weighted by Crippen LogP contribution is -2.17. The van der Waals surface area contributed by atoms with Gasteiger partial charge in [-0.15, -0.1) is 4.80 Å². The molecule has 0 fully saturated rings. The molecule has 2 aromatic heterocycles. The minimum atomic E-state index is -4.83. The van der Waals surface area contributed by atoms with Gasteiger partial charge in [0.1, 0.15) is 17.2 Å². The lowest BCUT2D eigenvalue weighted by atomic mass is 9.97. The molecule has 2 heterocycles. The number of pyridine rings is 1. The van der Waals surface area contributed by atoms with Crippen molar-refractivity contribution >= 4 is 29.3 Å². The molecule has 12 heteroatoms. The van der Waals surface area contributed by atoms with Crippen LogP contribution in [0.5, 0.6) is 0 Å². The summed E-state index contributed by atoms with van der Waals surface area (Å²) in [7, 11) is 0. The van der Waals surface area contributed by atoms with E-state index < -0.39 is 35.1 Å². The van der Waals surface area contributed by atoms with Crippen LogP contribution in [-0.2, 0) is 6.18 Å². The number of nitrogens with zero attached hydrogens (tertiary/aromatic N) is 4. The minimum absolute atomic E-state index is 0.0152. The van der Waals surface area contributed by atoms with Gasteiger partial charge in [-0.25, -0.2) is 13.8 Å². The Balaban J connectivity index is 1.67. The van der Waals surface area contributed by atoms with E-state index in [-0.39, 0.29) is 27.4 Å². The summed E-state index contributed by atoms with van der Waals surface area (Å²) in [6.45, 7) is 3.57. The first-order chi connectivity index (χ1) is 16.6. The molecule has 4 aromatic rings. The van der Waals surface area contributed by atoms with Crippen molar-refractivity contribution in [2.45, 2.75) is 6.18 Å². The lowest BCUT2D eigenvalue weighted by Gasteiger charge is -2.14. The molecule has 0 bridgehead atoms. The molecule has 0 spiro atoms. The van der Waals surface area contributed by atoms with Crippen LogP contribution < -0.4 is 5.32 Å². The fraction of sp³-hybridized carbons (Fsp3) is 0.0435. The van der Waals surface area contributed by atoms with E-state index in [2.05, 4.69) is 27.1 Å². The first-order valence-electron chi connectivity index (χ1n) is 9.75. The largest absolute Gasteiger partial charge is 0.420 e. The Morgan fingerprint density at radius 1 is 1.06 bits per heavy atom. The highest BCUT2D eigenvalue weighted by atomic mass is 35.5. The fourth-order valence-electron chi connectivity index (χ4n) is 3.29. The second-order valence-electron chi connectivity index (χ2n) is 7.11. The van der Waals surface area contributed by atoms with Gasteiger partial charge in [0.15, 0.2) is 5.82 Å². The summed E-state index contributed by atoms with van der Waals surface area (Å²) in [6.07, 6.45) is -0.164. The second-order valence-corrected chi connectivity index (χ2v) is 7.52. The standard InChI is InChI=1S/C23H13ClF5N5O/c1-2-12-7-13(25)3-4-15(12)16-9-19(24)17(10-20(16)26)22(35)33-14-8-18(23(27,28)29)21(30-11-14)34-31-5-6-32-34/h2-11H,1H2,(H,33,35). The molecule has 0 aliphatic heterocycles. The normalized spacial score (nSPS) is 11.4. The van der Waals surface area contributed by atoms with Crippen LogP contribution in [0.1, 0.15) is 21.5 Å². The number of aromatic nitrogens is 4. The first kappa shape index (κ1) is 24.0. The maximum Gasteiger partial charge on any atom is 0.420 e. The fourth-order valence-corrected chi connectivity index (χ4v) is 3.54. The number of hydrogen-bond donors (Lipinski definition) is 1. The second kappa shape index (κ2) is 9.26. The average Bonchev–Trinajstić information content (AvgIpc) is 3.34. The summed E-state index contributed by atoms with van der Waals surface area (Å²) in [5.41, 5.74) is -1.27. The summed E-state index contributed by atoms with van der Waals surface area (Å²) < 4.78 is 69.1. The van der Waals surface area contributed by atoms with E-state index in [0.29, 0.717) is 16.4 Å². The Labute approximate surface area is 199 Å². The quantitative estimate of drug-likeness (QED) is 0.329. The highest BCUT2D eigenvalue weighted by Gasteiger charge is 2.36. The van der Waals surface area contributed by atoms with Gasteiger partial charge in [0.05, 0.1) is 34.9 Å². The Morgan fingerprint density at radius 2 is 1.77 bits per heavy atom. The van der Waals surface area contributed by atoms with Crippen molar-refractivity contribution in [3.8, 4) is 16.9 Å². The molecule has 0 saturated heterocycles. The smallest absolute Gasteiger partial charge is 0.321 e. The van der Waals surface area contributed by atoms with Crippen molar-refractivity contribution in [1.82, 2.24) is 20.0 Å². The van der Waals surface area contributed by atoms with Gasteiger partial charge in [-0.2, -0.15) is 23.4 Å². The van der Waals surface area contributed by atoms with Gasteiger partial charge in [0, 0.05) is 5.56 Å². The van der Waals surface area contributed by atoms with Crippen LogP contribution in [0.4, 0.5) is 27.6 Å². The van der Waals surface area contributed by atoms with Gasteiger partial charge in [-0.3, -0.25) is 4.79 Å². The number of alkyl halides is 3. The average molecular weight is 506 g/mol. The van der Waals surface area contributed by atoms with Crippen molar-refractivity contribution in [3.63, 3.8) is 0 Å². The predicted octanol–water partition coefficient (Wildman–Crippen LogP) is 6.18. The molecule has 1 N–H and O–H groups in total. The van der Waals surface area contributed by atoms with Crippen molar-refractivity contribution in [2.75, 3.05) is 5.32 Å². The van der Waals surface area contributed by atoms with Gasteiger partial charge in [-0.05, 0) is 41.5 Å². The Hall–Kier alpha value is -4.12. The highest BCUT2D eigenvalue weighted by molar-refractivity contribution is 6.34. The molecule has 35 heavy (non-hydrogen) atoms. The number of amides is 1. The van der Waals surface area contributed by atoms with Crippen molar-refractivity contribution in [1.29, 1.82) is 0 Å². The third-order valence-corrected chi connectivity index (χ3v) is 5.18. The number of nitrogens with one attached hydrogen (secondary N) is 1. The van der Waals surface area contributed by atoms with E-state index in [4.69, 9.17) is 11.6 Å². The van der Waals surface area contributed by atoms with Crippen LogP contribution in [0.3, 0.4) is 0 Å². The van der Waals surface area contributed by atoms with E-state index in [1.807, 2.05) is 0 Å². The van der Waals surface area contributed by atoms with Gasteiger partial charge >= 0.3 is 6.18 Å². The molecule has 6 nitrogen and oxygen atoms in total. The van der Waals surface area contributed by atoms with E-state index >= 15 is 0 Å². The zero-order chi connectivity index (χ0) is 25.3. The number of halogens is 6. The zero-order valence-corrected chi connectivity index (χ0v) is 18.2. The molecule has 0 unspecified atom stereocenters. The van der Waals surface area contributed by atoms with E-state index in [1.54, 1.807) is 0 Å². The van der Waals surface area contributed by atoms with Gasteiger partial charge in [-0.1, -0.05) is 30.3 Å². The third-order valence-electron chi connectivity index (χ3n) is 4.86. The Morgan fingerprint density at radius 3 is 2.43 bits per heavy atom. The number of anilines is 1. The van der Waals surface area contributed by atoms with Crippen molar-refractivity contribution in [2.24, 2.45) is 0 Å². The zero-order valence-electron chi connectivity index (χ0n) is 17.4. The maximum atomic E-state index is 14.9. The number of benzene rings is 2. The molecular weight excluding hydrogens is 493 g/mol. The summed E-state index contributed by atoms with van der Waals surface area (Å²) in [6, 6.07) is 6.27. The molecule has 0 atom stereocenters. The summed E-state index contributed by atoms with van der Waals surface area (Å²) in [5.74, 6) is -2.97. The molecule has 2 aromatic carbocycles. The lowest BCUT2D eigenvalue weighted by molar-refractivity contribution is -0.137. The van der Waals surface area contributed by atoms with Crippen LogP contribution in [0, 0.1) is 11.6 Å². The van der Waals surface area contributed by atoms with E-state index in [9.17, 15) is 26.7 Å². The molecule has 1 amide bonds. The summed E-state index contributed by atoms with van der Waals surface area (Å²) in [4.78, 5) is 17.1. The minimum Gasteiger partial charge on any atom is -0.321 e. The highest BCUT2D eigenvalue weighted by Crippen LogP contribution is 2.35. The number of carbonyl (C=O) groups excluding carboxylic acids is 1. The maximum absolute atomic E-state index is 14.9. The number of rotatable bonds is 5. The monoisotopic (exact) mass is 505 g/mol. The first-order valence-corrected chi connectivity index (χ1v) is 10.1. The Bertz CT molecular complexity index is 1440. The topological polar surface area (TPSA) is 72.7 Å². The SMILES string of the molecule is C=Cc1cc(F)ccc1-c1cc(Cl)c(C(=O)Nc2cnc(-n3nccn3)c(C(F)(F)F)c2)cc1F. The van der Waals surface area contributed by atoms with Crippen molar-refractivity contribution in [3.05, 3.63) is 94.9 Å². The van der Waals surface area contributed by atoms with Crippen LogP contribution >= 0.6 is 11.6 Å². The van der Waals surface area contributed by atoms with Crippen LogP contribution in [0.25, 0.3) is 23.0 Å². The third kappa shape index (κ3) is 4.90.